The van der Waals surface area contributed by atoms with Crippen molar-refractivity contribution in [2.24, 2.45) is 0 Å². The second-order valence-electron chi connectivity index (χ2n) is 6.21. The Balaban J connectivity index is 1.63. The summed E-state index contributed by atoms with van der Waals surface area (Å²) in [6, 6.07) is 12.0. The van der Waals surface area contributed by atoms with Crippen LogP contribution in [0.4, 0.5) is 17.2 Å². The zero-order chi connectivity index (χ0) is 17.6. The van der Waals surface area contributed by atoms with Gasteiger partial charge in [0.25, 0.3) is 0 Å². The molecule has 6 heteroatoms. The zero-order valence-corrected chi connectivity index (χ0v) is 14.9. The lowest BCUT2D eigenvalue weighted by Crippen LogP contribution is -2.46. The maximum absolute atomic E-state index is 5.77. The van der Waals surface area contributed by atoms with E-state index < -0.39 is 0 Å². The van der Waals surface area contributed by atoms with Gasteiger partial charge >= 0.3 is 0 Å². The topological polar surface area (TPSA) is 63.9 Å². The van der Waals surface area contributed by atoms with Crippen LogP contribution >= 0.6 is 0 Å². The first-order valence-corrected chi connectivity index (χ1v) is 8.61. The van der Waals surface area contributed by atoms with Gasteiger partial charge in [0.2, 0.25) is 0 Å². The number of benzene rings is 1. The molecule has 1 saturated heterocycles. The Morgan fingerprint density at radius 2 is 1.68 bits per heavy atom. The molecule has 1 aromatic carbocycles. The predicted octanol–water partition coefficient (Wildman–Crippen LogP) is 2.32. The maximum Gasteiger partial charge on any atom is 0.132 e. The van der Waals surface area contributed by atoms with Crippen molar-refractivity contribution < 1.29 is 9.47 Å². The van der Waals surface area contributed by atoms with E-state index in [2.05, 4.69) is 26.9 Å². The van der Waals surface area contributed by atoms with Crippen molar-refractivity contribution in [3.8, 4) is 5.75 Å². The van der Waals surface area contributed by atoms with Gasteiger partial charge in [-0.05, 0) is 31.2 Å². The van der Waals surface area contributed by atoms with E-state index in [0.717, 1.165) is 49.1 Å². The molecule has 0 saturated carbocycles. The summed E-state index contributed by atoms with van der Waals surface area (Å²) in [5.74, 6) is 1.82. The van der Waals surface area contributed by atoms with Crippen LogP contribution in [-0.4, -0.2) is 51.5 Å². The number of hydrogen-bond acceptors (Lipinski definition) is 6. The van der Waals surface area contributed by atoms with Crippen LogP contribution < -0.4 is 20.3 Å². The number of anilines is 3. The number of pyridine rings is 1. The Morgan fingerprint density at radius 1 is 1.00 bits per heavy atom. The molecule has 1 aromatic heterocycles. The summed E-state index contributed by atoms with van der Waals surface area (Å²) in [4.78, 5) is 9.36. The van der Waals surface area contributed by atoms with E-state index >= 15 is 0 Å². The van der Waals surface area contributed by atoms with Crippen LogP contribution in [0, 0.1) is 6.92 Å². The predicted molar refractivity (Wildman–Crippen MR) is 102 cm³/mol. The van der Waals surface area contributed by atoms with E-state index in [1.165, 1.54) is 5.69 Å². The Labute approximate surface area is 149 Å². The first kappa shape index (κ1) is 17.4. The van der Waals surface area contributed by atoms with Crippen LogP contribution in [0.5, 0.6) is 5.75 Å². The van der Waals surface area contributed by atoms with Gasteiger partial charge in [-0.2, -0.15) is 0 Å². The maximum atomic E-state index is 5.77. The molecule has 0 aliphatic carbocycles. The van der Waals surface area contributed by atoms with Crippen LogP contribution in [0.15, 0.2) is 36.4 Å². The van der Waals surface area contributed by atoms with Crippen molar-refractivity contribution in [3.63, 3.8) is 0 Å². The normalized spacial score (nSPS) is 14.6. The number of aromatic nitrogens is 1. The minimum Gasteiger partial charge on any atom is -0.491 e. The van der Waals surface area contributed by atoms with E-state index in [1.54, 1.807) is 7.11 Å². The summed E-state index contributed by atoms with van der Waals surface area (Å²) in [6.45, 7) is 6.90. The standard InChI is InChI=1S/C19H26N4O2/c1-15-13-18(25-12-11-24-2)14-19(21-15)23-9-7-22(8-10-23)17-5-3-16(20)4-6-17/h3-6,13-14H,7-12,20H2,1-2H3. The smallest absolute Gasteiger partial charge is 0.132 e. The molecule has 1 fully saturated rings. The lowest BCUT2D eigenvalue weighted by molar-refractivity contribution is 0.146. The highest BCUT2D eigenvalue weighted by molar-refractivity contribution is 5.55. The fourth-order valence-corrected chi connectivity index (χ4v) is 2.99. The average Bonchev–Trinajstić information content (AvgIpc) is 2.62. The fourth-order valence-electron chi connectivity index (χ4n) is 2.99. The Morgan fingerprint density at radius 3 is 2.36 bits per heavy atom. The minimum atomic E-state index is 0.546. The first-order valence-electron chi connectivity index (χ1n) is 8.61. The van der Waals surface area contributed by atoms with Crippen molar-refractivity contribution in [3.05, 3.63) is 42.1 Å². The molecule has 2 aromatic rings. The number of ether oxygens (including phenoxy) is 2. The number of hydrogen-bond donors (Lipinski definition) is 1. The van der Waals surface area contributed by atoms with Crippen LogP contribution in [0.3, 0.4) is 0 Å². The van der Waals surface area contributed by atoms with Crippen molar-refractivity contribution in [1.29, 1.82) is 0 Å². The second-order valence-corrected chi connectivity index (χ2v) is 6.21. The van der Waals surface area contributed by atoms with E-state index in [-0.39, 0.29) is 0 Å². The van der Waals surface area contributed by atoms with Crippen molar-refractivity contribution in [1.82, 2.24) is 4.98 Å². The van der Waals surface area contributed by atoms with Gasteiger partial charge in [-0.3, -0.25) is 0 Å². The molecule has 25 heavy (non-hydrogen) atoms. The molecule has 1 aliphatic rings. The van der Waals surface area contributed by atoms with Crippen LogP contribution in [0.25, 0.3) is 0 Å². The number of nitrogen functional groups attached to an aromatic ring is 1. The highest BCUT2D eigenvalue weighted by atomic mass is 16.5. The lowest BCUT2D eigenvalue weighted by atomic mass is 10.2. The first-order chi connectivity index (χ1) is 12.2. The van der Waals surface area contributed by atoms with Gasteiger partial charge in [0.15, 0.2) is 0 Å². The monoisotopic (exact) mass is 342 g/mol. The number of methoxy groups -OCH3 is 1. The SMILES string of the molecule is COCCOc1cc(C)nc(N2CCN(c3ccc(N)cc3)CC2)c1. The molecule has 2 N–H and O–H groups in total. The molecule has 0 bridgehead atoms. The van der Waals surface area contributed by atoms with Crippen LogP contribution in [-0.2, 0) is 4.74 Å². The highest BCUT2D eigenvalue weighted by Gasteiger charge is 2.19. The molecule has 0 unspecified atom stereocenters. The lowest BCUT2D eigenvalue weighted by Gasteiger charge is -2.37. The van der Waals surface area contributed by atoms with Crippen molar-refractivity contribution >= 4 is 17.2 Å². The quantitative estimate of drug-likeness (QED) is 0.642. The molecule has 1 aliphatic heterocycles. The summed E-state index contributed by atoms with van der Waals surface area (Å²) < 4.78 is 10.8. The molecule has 134 valence electrons. The van der Waals surface area contributed by atoms with Crippen molar-refractivity contribution in [2.75, 3.05) is 62.0 Å². The summed E-state index contributed by atoms with van der Waals surface area (Å²) in [5.41, 5.74) is 8.75. The van der Waals surface area contributed by atoms with E-state index in [0.29, 0.717) is 13.2 Å². The van der Waals surface area contributed by atoms with E-state index in [1.807, 2.05) is 31.2 Å². The van der Waals surface area contributed by atoms with Gasteiger partial charge in [0.05, 0.1) is 6.61 Å². The van der Waals surface area contributed by atoms with Gasteiger partial charge in [0.1, 0.15) is 18.2 Å². The minimum absolute atomic E-state index is 0.546. The molecule has 0 radical (unpaired) electrons. The van der Waals surface area contributed by atoms with Crippen LogP contribution in [0.2, 0.25) is 0 Å². The second kappa shape index (κ2) is 8.07. The van der Waals surface area contributed by atoms with Gasteiger partial charge in [-0.1, -0.05) is 0 Å². The zero-order valence-electron chi connectivity index (χ0n) is 14.9. The van der Waals surface area contributed by atoms with Gasteiger partial charge in [-0.25, -0.2) is 4.98 Å². The molecule has 0 amide bonds. The molecule has 0 atom stereocenters. The summed E-state index contributed by atoms with van der Waals surface area (Å²) in [6.07, 6.45) is 0. The molecule has 3 rings (SSSR count). The number of rotatable bonds is 6. The third kappa shape index (κ3) is 4.54. The van der Waals surface area contributed by atoms with Gasteiger partial charge in [-0.15, -0.1) is 0 Å². The highest BCUT2D eigenvalue weighted by Crippen LogP contribution is 2.24. The third-order valence-corrected chi connectivity index (χ3v) is 4.33. The number of nitrogens with zero attached hydrogens (tertiary/aromatic N) is 3. The largest absolute Gasteiger partial charge is 0.491 e. The van der Waals surface area contributed by atoms with E-state index in [4.69, 9.17) is 15.2 Å². The summed E-state index contributed by atoms with van der Waals surface area (Å²) >= 11 is 0. The molecule has 2 heterocycles. The number of nitrogens with two attached hydrogens (primary N) is 1. The van der Waals surface area contributed by atoms with Gasteiger partial charge in [0, 0.05) is 62.5 Å². The molecular weight excluding hydrogens is 316 g/mol. The Kier molecular flexibility index (Phi) is 5.60. The van der Waals surface area contributed by atoms with Crippen molar-refractivity contribution in [2.45, 2.75) is 6.92 Å². The van der Waals surface area contributed by atoms with E-state index in [9.17, 15) is 0 Å². The summed E-state index contributed by atoms with van der Waals surface area (Å²) in [5, 5.41) is 0. The fraction of sp³-hybridized carbons (Fsp3) is 0.421. The molecule has 0 spiro atoms. The summed E-state index contributed by atoms with van der Waals surface area (Å²) in [7, 11) is 1.67. The third-order valence-electron chi connectivity index (χ3n) is 4.33. The number of piperazine rings is 1. The average molecular weight is 342 g/mol. The number of aryl methyl sites for hydroxylation is 1. The Bertz CT molecular complexity index is 682. The Hall–Kier alpha value is -2.47. The van der Waals surface area contributed by atoms with Gasteiger partial charge < -0.3 is 25.0 Å². The molecular formula is C19H26N4O2. The van der Waals surface area contributed by atoms with Crippen LogP contribution in [0.1, 0.15) is 5.69 Å². The molecule has 6 nitrogen and oxygen atoms in total.